The Morgan fingerprint density at radius 1 is 1.38 bits per heavy atom. The molecule has 0 aliphatic rings. The predicted molar refractivity (Wildman–Crippen MR) is 21.4 cm³/mol. The average Bonchev–Trinajstić information content (AvgIpc) is 1.21. The number of halogens is 5. The summed E-state index contributed by atoms with van der Waals surface area (Å²) in [6, 6.07) is 0. The van der Waals surface area contributed by atoms with Crippen LogP contribution in [0.15, 0.2) is 0 Å². The van der Waals surface area contributed by atoms with Crippen LogP contribution in [0.3, 0.4) is 0 Å². The molecule has 1 atom stereocenters. The Balaban J connectivity index is 3.39. The van der Waals surface area contributed by atoms with Crippen molar-refractivity contribution >= 4 is 11.6 Å². The van der Waals surface area contributed by atoms with Crippen LogP contribution in [0, 0.1) is 0 Å². The minimum Gasteiger partial charge on any atom is -0.230 e. The summed E-state index contributed by atoms with van der Waals surface area (Å²) in [6.07, 6.45) is -6.06. The van der Waals surface area contributed by atoms with Gasteiger partial charge in [-0.1, -0.05) is 11.6 Å². The van der Waals surface area contributed by atoms with Gasteiger partial charge in [0, 0.05) is 0 Å². The normalized spacial score (nSPS) is 16.1. The SMILES string of the molecule is F[C@H](Cl)CC(F)(F)F. The van der Waals surface area contributed by atoms with Gasteiger partial charge in [0.15, 0.2) is 5.63 Å². The monoisotopic (exact) mass is 150 g/mol. The standard InChI is InChI=1S/C3H3ClF4/c4-2(5)1-3(6,7)8/h2H,1H2/t2-/m0/s1. The van der Waals surface area contributed by atoms with Gasteiger partial charge in [0.1, 0.15) is 0 Å². The molecule has 5 heteroatoms. The molecule has 0 bridgehead atoms. The van der Waals surface area contributed by atoms with Crippen LogP contribution in [0.2, 0.25) is 0 Å². The zero-order valence-electron chi connectivity index (χ0n) is 3.67. The summed E-state index contributed by atoms with van der Waals surface area (Å²) in [5.41, 5.74) is -2.31. The fourth-order valence-electron chi connectivity index (χ4n) is 0.175. The van der Waals surface area contributed by atoms with E-state index in [-0.39, 0.29) is 0 Å². The smallest absolute Gasteiger partial charge is 0.230 e. The van der Waals surface area contributed by atoms with E-state index >= 15 is 0 Å². The first-order chi connectivity index (χ1) is 3.42. The van der Waals surface area contributed by atoms with E-state index in [2.05, 4.69) is 11.6 Å². The van der Waals surface area contributed by atoms with Gasteiger partial charge in [0.2, 0.25) is 0 Å². The van der Waals surface area contributed by atoms with E-state index < -0.39 is 18.2 Å². The molecule has 0 aliphatic heterocycles. The Hall–Kier alpha value is 0.01000. The van der Waals surface area contributed by atoms with Crippen molar-refractivity contribution in [2.75, 3.05) is 0 Å². The van der Waals surface area contributed by atoms with Crippen molar-refractivity contribution in [3.8, 4) is 0 Å². The highest BCUT2D eigenvalue weighted by molar-refractivity contribution is 6.19. The van der Waals surface area contributed by atoms with E-state index in [0.29, 0.717) is 0 Å². The maximum absolute atomic E-state index is 11.2. The van der Waals surface area contributed by atoms with Gasteiger partial charge in [-0.25, -0.2) is 4.39 Å². The highest BCUT2D eigenvalue weighted by atomic mass is 35.5. The molecule has 0 unspecified atom stereocenters. The summed E-state index contributed by atoms with van der Waals surface area (Å²) in [4.78, 5) is 0. The lowest BCUT2D eigenvalue weighted by Crippen LogP contribution is -2.11. The maximum atomic E-state index is 11.2. The summed E-state index contributed by atoms with van der Waals surface area (Å²) < 4.78 is 44.2. The van der Waals surface area contributed by atoms with Gasteiger partial charge < -0.3 is 0 Å². The molecule has 0 amide bonds. The topological polar surface area (TPSA) is 0 Å². The third kappa shape index (κ3) is 6.01. The van der Waals surface area contributed by atoms with Gasteiger partial charge in [-0.3, -0.25) is 0 Å². The minimum atomic E-state index is -4.48. The molecule has 0 spiro atoms. The van der Waals surface area contributed by atoms with Crippen molar-refractivity contribution in [2.45, 2.75) is 18.2 Å². The van der Waals surface area contributed by atoms with Crippen LogP contribution >= 0.6 is 11.6 Å². The van der Waals surface area contributed by atoms with Crippen LogP contribution in [0.4, 0.5) is 17.6 Å². The molecule has 0 nitrogen and oxygen atoms in total. The fourth-order valence-corrected chi connectivity index (χ4v) is 0.350. The molecule has 8 heavy (non-hydrogen) atoms. The number of hydrogen-bond donors (Lipinski definition) is 0. The summed E-state index contributed by atoms with van der Waals surface area (Å²) >= 11 is 4.38. The van der Waals surface area contributed by atoms with E-state index in [1.54, 1.807) is 0 Å². The molecule has 0 aromatic rings. The van der Waals surface area contributed by atoms with Gasteiger partial charge >= 0.3 is 6.18 Å². The van der Waals surface area contributed by atoms with Crippen molar-refractivity contribution in [1.29, 1.82) is 0 Å². The molecule has 50 valence electrons. The van der Waals surface area contributed by atoms with Gasteiger partial charge in [0.25, 0.3) is 0 Å². The second-order valence-corrected chi connectivity index (χ2v) is 1.68. The van der Waals surface area contributed by atoms with Crippen LogP contribution in [0.25, 0.3) is 0 Å². The molecule has 0 aromatic heterocycles. The first kappa shape index (κ1) is 8.01. The lowest BCUT2D eigenvalue weighted by Gasteiger charge is -2.03. The quantitative estimate of drug-likeness (QED) is 0.398. The summed E-state index contributed by atoms with van der Waals surface area (Å²) in [5.74, 6) is 0. The van der Waals surface area contributed by atoms with E-state index in [1.165, 1.54) is 0 Å². The van der Waals surface area contributed by atoms with Crippen molar-refractivity contribution in [1.82, 2.24) is 0 Å². The average molecular weight is 151 g/mol. The molecule has 0 aromatic carbocycles. The van der Waals surface area contributed by atoms with Gasteiger partial charge in [-0.05, 0) is 0 Å². The third-order valence-electron chi connectivity index (χ3n) is 0.386. The van der Waals surface area contributed by atoms with Crippen molar-refractivity contribution in [3.63, 3.8) is 0 Å². The van der Waals surface area contributed by atoms with Gasteiger partial charge in [0.05, 0.1) is 6.42 Å². The molecule has 0 saturated heterocycles. The maximum Gasteiger partial charge on any atom is 0.393 e. The molecule has 0 rings (SSSR count). The van der Waals surface area contributed by atoms with E-state index in [4.69, 9.17) is 0 Å². The predicted octanol–water partition coefficient (Wildman–Crippen LogP) is 2.47. The molecule has 0 aliphatic carbocycles. The highest BCUT2D eigenvalue weighted by Gasteiger charge is 2.30. The Kier molecular flexibility index (Phi) is 2.53. The fraction of sp³-hybridized carbons (Fsp3) is 1.00. The Morgan fingerprint density at radius 2 is 1.75 bits per heavy atom. The Morgan fingerprint density at radius 3 is 1.75 bits per heavy atom. The molecule has 0 N–H and O–H groups in total. The van der Waals surface area contributed by atoms with Crippen LogP contribution < -0.4 is 0 Å². The molecular formula is C3H3ClF4. The van der Waals surface area contributed by atoms with Crippen molar-refractivity contribution in [2.24, 2.45) is 0 Å². The van der Waals surface area contributed by atoms with E-state index in [9.17, 15) is 17.6 Å². The van der Waals surface area contributed by atoms with Crippen molar-refractivity contribution < 1.29 is 17.6 Å². The largest absolute Gasteiger partial charge is 0.393 e. The Labute approximate surface area is 48.4 Å². The Bertz CT molecular complexity index is 66.2. The van der Waals surface area contributed by atoms with E-state index in [1.807, 2.05) is 0 Å². The van der Waals surface area contributed by atoms with E-state index in [0.717, 1.165) is 0 Å². The number of alkyl halides is 5. The molecule has 0 heterocycles. The summed E-state index contributed by atoms with van der Waals surface area (Å²) in [6.45, 7) is 0. The second-order valence-electron chi connectivity index (χ2n) is 1.21. The summed E-state index contributed by atoms with van der Waals surface area (Å²) in [7, 11) is 0. The lowest BCUT2D eigenvalue weighted by molar-refractivity contribution is -0.140. The second kappa shape index (κ2) is 2.53. The molecule has 0 fully saturated rings. The van der Waals surface area contributed by atoms with Gasteiger partial charge in [-0.15, -0.1) is 0 Å². The zero-order valence-corrected chi connectivity index (χ0v) is 4.43. The summed E-state index contributed by atoms with van der Waals surface area (Å²) in [5, 5.41) is 0. The highest BCUT2D eigenvalue weighted by Crippen LogP contribution is 2.24. The van der Waals surface area contributed by atoms with Crippen LogP contribution in [0.1, 0.15) is 6.42 Å². The number of hydrogen-bond acceptors (Lipinski definition) is 0. The first-order valence-electron chi connectivity index (χ1n) is 1.77. The number of rotatable bonds is 1. The van der Waals surface area contributed by atoms with Gasteiger partial charge in [-0.2, -0.15) is 13.2 Å². The molecule has 0 saturated carbocycles. The third-order valence-corrected chi connectivity index (χ3v) is 0.540. The van der Waals surface area contributed by atoms with Crippen LogP contribution in [0.5, 0.6) is 0 Å². The minimum absolute atomic E-state index is 1.57. The van der Waals surface area contributed by atoms with Crippen LogP contribution in [-0.4, -0.2) is 11.8 Å². The van der Waals surface area contributed by atoms with Crippen molar-refractivity contribution in [3.05, 3.63) is 0 Å². The zero-order chi connectivity index (χ0) is 6.78. The lowest BCUT2D eigenvalue weighted by atomic mass is 10.5. The van der Waals surface area contributed by atoms with Crippen LogP contribution in [-0.2, 0) is 0 Å². The molecule has 0 radical (unpaired) electrons. The first-order valence-corrected chi connectivity index (χ1v) is 2.20. The molecular weight excluding hydrogens is 147 g/mol.